The highest BCUT2D eigenvalue weighted by molar-refractivity contribution is 7.22. The Bertz CT molecular complexity index is 880. The highest BCUT2D eigenvalue weighted by Crippen LogP contribution is 2.29. The van der Waals surface area contributed by atoms with E-state index in [4.69, 9.17) is 9.47 Å². The van der Waals surface area contributed by atoms with Gasteiger partial charge in [0.05, 0.1) is 16.8 Å². The number of hydrogen-bond acceptors (Lipinski definition) is 5. The predicted molar refractivity (Wildman–Crippen MR) is 95.9 cm³/mol. The van der Waals surface area contributed by atoms with E-state index in [1.165, 1.54) is 35.6 Å². The molecule has 1 amide bonds. The fourth-order valence-corrected chi connectivity index (χ4v) is 3.09. The highest BCUT2D eigenvalue weighted by Gasteiger charge is 2.17. The molecule has 130 valence electrons. The van der Waals surface area contributed by atoms with Gasteiger partial charge in [0.1, 0.15) is 17.3 Å². The Kier molecular flexibility index (Phi) is 5.14. The van der Waals surface area contributed by atoms with Gasteiger partial charge in [-0.1, -0.05) is 11.3 Å². The van der Waals surface area contributed by atoms with E-state index in [0.717, 1.165) is 16.0 Å². The van der Waals surface area contributed by atoms with Gasteiger partial charge in [-0.2, -0.15) is 0 Å². The molecule has 25 heavy (non-hydrogen) atoms. The van der Waals surface area contributed by atoms with Crippen LogP contribution in [0.2, 0.25) is 0 Å². The second kappa shape index (κ2) is 7.48. The summed E-state index contributed by atoms with van der Waals surface area (Å²) in [5.41, 5.74) is 0.788. The minimum atomic E-state index is -0.739. The summed E-state index contributed by atoms with van der Waals surface area (Å²) in [6, 6.07) is 11.1. The van der Waals surface area contributed by atoms with E-state index in [1.54, 1.807) is 6.92 Å². The van der Waals surface area contributed by atoms with Crippen LogP contribution in [-0.4, -0.2) is 23.6 Å². The van der Waals surface area contributed by atoms with Crippen molar-refractivity contribution in [1.29, 1.82) is 0 Å². The standard InChI is InChI=1S/C18H17FN2O3S/c1-3-23-14-8-9-15-16(10-14)25-18(20-15)21-17(22)11(2)24-13-6-4-12(19)5-7-13/h4-11H,3H2,1-2H3,(H,20,21,22)/t11-/m0/s1. The third-order valence-electron chi connectivity index (χ3n) is 3.40. The lowest BCUT2D eigenvalue weighted by Gasteiger charge is -2.13. The molecule has 0 saturated heterocycles. The minimum Gasteiger partial charge on any atom is -0.494 e. The van der Waals surface area contributed by atoms with Crippen molar-refractivity contribution in [2.45, 2.75) is 20.0 Å². The van der Waals surface area contributed by atoms with Crippen LogP contribution in [0.3, 0.4) is 0 Å². The van der Waals surface area contributed by atoms with E-state index in [1.807, 2.05) is 25.1 Å². The van der Waals surface area contributed by atoms with Crippen LogP contribution in [0.15, 0.2) is 42.5 Å². The van der Waals surface area contributed by atoms with Crippen molar-refractivity contribution in [3.8, 4) is 11.5 Å². The van der Waals surface area contributed by atoms with Gasteiger partial charge in [-0.3, -0.25) is 10.1 Å². The fraction of sp³-hybridized carbons (Fsp3) is 0.222. The average Bonchev–Trinajstić information content (AvgIpc) is 2.98. The topological polar surface area (TPSA) is 60.5 Å². The van der Waals surface area contributed by atoms with Crippen LogP contribution in [0.4, 0.5) is 9.52 Å². The van der Waals surface area contributed by atoms with Crippen LogP contribution in [0.5, 0.6) is 11.5 Å². The number of rotatable bonds is 6. The van der Waals surface area contributed by atoms with Crippen LogP contribution in [0.1, 0.15) is 13.8 Å². The lowest BCUT2D eigenvalue weighted by atomic mass is 10.3. The maximum atomic E-state index is 12.9. The molecule has 0 aliphatic rings. The summed E-state index contributed by atoms with van der Waals surface area (Å²) < 4.78 is 24.8. The smallest absolute Gasteiger partial charge is 0.266 e. The zero-order chi connectivity index (χ0) is 17.8. The number of carbonyl (C=O) groups excluding carboxylic acids is 1. The number of nitrogens with zero attached hydrogens (tertiary/aromatic N) is 1. The molecule has 3 rings (SSSR count). The van der Waals surface area contributed by atoms with Crippen molar-refractivity contribution < 1.29 is 18.7 Å². The van der Waals surface area contributed by atoms with E-state index < -0.39 is 6.10 Å². The van der Waals surface area contributed by atoms with E-state index in [9.17, 15) is 9.18 Å². The molecule has 7 heteroatoms. The Labute approximate surface area is 148 Å². The molecule has 1 heterocycles. The first kappa shape index (κ1) is 17.2. The second-order valence-electron chi connectivity index (χ2n) is 5.28. The zero-order valence-corrected chi connectivity index (χ0v) is 14.6. The number of thiazole rings is 1. The SMILES string of the molecule is CCOc1ccc2nc(NC(=O)[C@H](C)Oc3ccc(F)cc3)sc2c1. The largest absolute Gasteiger partial charge is 0.494 e. The maximum Gasteiger partial charge on any atom is 0.266 e. The van der Waals surface area contributed by atoms with Crippen molar-refractivity contribution in [1.82, 2.24) is 4.98 Å². The molecule has 0 spiro atoms. The molecule has 0 saturated carbocycles. The van der Waals surface area contributed by atoms with Crippen LogP contribution in [0.25, 0.3) is 10.2 Å². The molecule has 1 N–H and O–H groups in total. The number of carbonyl (C=O) groups is 1. The van der Waals surface area contributed by atoms with Gasteiger partial charge in [-0.05, 0) is 56.3 Å². The van der Waals surface area contributed by atoms with Gasteiger partial charge < -0.3 is 9.47 Å². The number of nitrogens with one attached hydrogen (secondary N) is 1. The van der Waals surface area contributed by atoms with E-state index in [-0.39, 0.29) is 11.7 Å². The monoisotopic (exact) mass is 360 g/mol. The third kappa shape index (κ3) is 4.24. The van der Waals surface area contributed by atoms with Crippen LogP contribution in [-0.2, 0) is 4.79 Å². The molecule has 0 bridgehead atoms. The second-order valence-corrected chi connectivity index (χ2v) is 6.32. The molecule has 1 atom stereocenters. The molecule has 0 radical (unpaired) electrons. The lowest BCUT2D eigenvalue weighted by molar-refractivity contribution is -0.122. The number of halogens is 1. The number of anilines is 1. The maximum absolute atomic E-state index is 12.9. The summed E-state index contributed by atoms with van der Waals surface area (Å²) in [7, 11) is 0. The number of aromatic nitrogens is 1. The average molecular weight is 360 g/mol. The van der Waals surface area contributed by atoms with E-state index >= 15 is 0 Å². The number of amides is 1. The minimum absolute atomic E-state index is 0.326. The first-order chi connectivity index (χ1) is 12.0. The number of hydrogen-bond donors (Lipinski definition) is 1. The fourth-order valence-electron chi connectivity index (χ4n) is 2.19. The summed E-state index contributed by atoms with van der Waals surface area (Å²) >= 11 is 1.36. The highest BCUT2D eigenvalue weighted by atomic mass is 32.1. The van der Waals surface area contributed by atoms with Gasteiger partial charge in [0.15, 0.2) is 11.2 Å². The number of ether oxygens (including phenoxy) is 2. The van der Waals surface area contributed by atoms with Gasteiger partial charge in [0.2, 0.25) is 0 Å². The predicted octanol–water partition coefficient (Wildman–Crippen LogP) is 4.24. The Hall–Kier alpha value is -2.67. The first-order valence-corrected chi connectivity index (χ1v) is 8.63. The van der Waals surface area contributed by atoms with Crippen LogP contribution in [0, 0.1) is 5.82 Å². The van der Waals surface area contributed by atoms with Crippen molar-refractivity contribution in [3.05, 3.63) is 48.3 Å². The van der Waals surface area contributed by atoms with Crippen molar-refractivity contribution in [3.63, 3.8) is 0 Å². The van der Waals surface area contributed by atoms with E-state index in [0.29, 0.717) is 17.5 Å². The Morgan fingerprint density at radius 2 is 1.96 bits per heavy atom. The molecule has 0 unspecified atom stereocenters. The molecule has 0 fully saturated rings. The molecule has 1 aromatic heterocycles. The van der Waals surface area contributed by atoms with Crippen molar-refractivity contribution in [2.24, 2.45) is 0 Å². The van der Waals surface area contributed by atoms with Gasteiger partial charge in [0, 0.05) is 0 Å². The van der Waals surface area contributed by atoms with Gasteiger partial charge in [-0.25, -0.2) is 9.37 Å². The van der Waals surface area contributed by atoms with Gasteiger partial charge in [0.25, 0.3) is 5.91 Å². The Balaban J connectivity index is 1.67. The van der Waals surface area contributed by atoms with Crippen molar-refractivity contribution >= 4 is 32.6 Å². The summed E-state index contributed by atoms with van der Waals surface area (Å²) in [6.45, 7) is 4.14. The first-order valence-electron chi connectivity index (χ1n) is 7.81. The Morgan fingerprint density at radius 1 is 1.24 bits per heavy atom. The van der Waals surface area contributed by atoms with Crippen LogP contribution >= 0.6 is 11.3 Å². The normalized spacial score (nSPS) is 12.0. The van der Waals surface area contributed by atoms with Gasteiger partial charge in [-0.15, -0.1) is 0 Å². The van der Waals surface area contributed by atoms with Crippen LogP contribution < -0.4 is 14.8 Å². The molecule has 2 aromatic carbocycles. The lowest BCUT2D eigenvalue weighted by Crippen LogP contribution is -2.30. The molecule has 5 nitrogen and oxygen atoms in total. The zero-order valence-electron chi connectivity index (χ0n) is 13.8. The van der Waals surface area contributed by atoms with Crippen molar-refractivity contribution in [2.75, 3.05) is 11.9 Å². The number of fused-ring (bicyclic) bond motifs is 1. The molecule has 0 aliphatic heterocycles. The summed E-state index contributed by atoms with van der Waals surface area (Å²) in [4.78, 5) is 16.6. The summed E-state index contributed by atoms with van der Waals surface area (Å²) in [6.07, 6.45) is -0.739. The molecular weight excluding hydrogens is 343 g/mol. The van der Waals surface area contributed by atoms with E-state index in [2.05, 4.69) is 10.3 Å². The quantitative estimate of drug-likeness (QED) is 0.714. The third-order valence-corrected chi connectivity index (χ3v) is 4.33. The number of benzene rings is 2. The molecule has 3 aromatic rings. The molecular formula is C18H17FN2O3S. The van der Waals surface area contributed by atoms with Gasteiger partial charge >= 0.3 is 0 Å². The summed E-state index contributed by atoms with van der Waals surface area (Å²) in [5, 5.41) is 3.23. The molecule has 0 aliphatic carbocycles. The summed E-state index contributed by atoms with van der Waals surface area (Å²) in [5.74, 6) is 0.512. The Morgan fingerprint density at radius 3 is 2.68 bits per heavy atom.